The van der Waals surface area contributed by atoms with Gasteiger partial charge in [-0.2, -0.15) is 0 Å². The van der Waals surface area contributed by atoms with Crippen LogP contribution in [0.25, 0.3) is 0 Å². The number of aliphatic carboxylic acids is 1. The molecule has 0 amide bonds. The Kier molecular flexibility index (Phi) is 3.44. The van der Waals surface area contributed by atoms with E-state index in [4.69, 9.17) is 0 Å². The molecule has 0 radical (unpaired) electrons. The van der Waals surface area contributed by atoms with Crippen LogP contribution in [0.2, 0.25) is 0 Å². The molecule has 2 unspecified atom stereocenters. The summed E-state index contributed by atoms with van der Waals surface area (Å²) in [4.78, 5) is 16.8. The van der Waals surface area contributed by atoms with Gasteiger partial charge in [-0.1, -0.05) is 30.3 Å². The fraction of sp³-hybridized carbons (Fsp3) is 0.333. The van der Waals surface area contributed by atoms with Crippen molar-refractivity contribution < 1.29 is 9.90 Å². The van der Waals surface area contributed by atoms with Gasteiger partial charge in [0.25, 0.3) is 0 Å². The van der Waals surface area contributed by atoms with Gasteiger partial charge in [-0.05, 0) is 25.3 Å². The second-order valence-electron chi connectivity index (χ2n) is 5.03. The molecule has 0 saturated carbocycles. The first-order valence-electron chi connectivity index (χ1n) is 6.69. The molecule has 2 atom stereocenters. The number of carboxylic acids is 1. The predicted octanol–water partition coefficient (Wildman–Crippen LogP) is 3.43. The van der Waals surface area contributed by atoms with Crippen molar-refractivity contribution in [1.82, 2.24) is 4.98 Å². The van der Waals surface area contributed by atoms with E-state index in [1.807, 2.05) is 18.2 Å². The summed E-state index contributed by atoms with van der Waals surface area (Å²) in [6.45, 7) is 2.08. The summed E-state index contributed by atoms with van der Waals surface area (Å²) in [7, 11) is 0. The van der Waals surface area contributed by atoms with Gasteiger partial charge in [0.05, 0.1) is 11.7 Å². The van der Waals surface area contributed by atoms with Crippen LogP contribution >= 0.6 is 11.3 Å². The number of rotatable bonds is 4. The van der Waals surface area contributed by atoms with Crippen molar-refractivity contribution in [3.63, 3.8) is 0 Å². The predicted molar refractivity (Wildman–Crippen MR) is 79.3 cm³/mol. The van der Waals surface area contributed by atoms with Crippen LogP contribution in [0.1, 0.15) is 41.4 Å². The third kappa shape index (κ3) is 2.41. The van der Waals surface area contributed by atoms with Gasteiger partial charge < -0.3 is 10.4 Å². The summed E-state index contributed by atoms with van der Waals surface area (Å²) >= 11 is 1.58. The van der Waals surface area contributed by atoms with Crippen molar-refractivity contribution in [2.45, 2.75) is 31.7 Å². The lowest BCUT2D eigenvalue weighted by Crippen LogP contribution is -2.10. The van der Waals surface area contributed by atoms with Gasteiger partial charge in [-0.3, -0.25) is 4.79 Å². The van der Waals surface area contributed by atoms with Gasteiger partial charge in [-0.15, -0.1) is 11.3 Å². The van der Waals surface area contributed by atoms with Crippen LogP contribution in [-0.2, 0) is 11.2 Å². The number of hydrogen-bond acceptors (Lipinski definition) is 4. The maximum Gasteiger partial charge on any atom is 0.312 e. The molecule has 20 heavy (non-hydrogen) atoms. The first-order chi connectivity index (χ1) is 9.65. The molecule has 104 valence electrons. The molecule has 2 aromatic rings. The zero-order valence-electron chi connectivity index (χ0n) is 11.2. The van der Waals surface area contributed by atoms with Crippen molar-refractivity contribution in [3.05, 3.63) is 46.5 Å². The quantitative estimate of drug-likeness (QED) is 0.904. The van der Waals surface area contributed by atoms with Crippen LogP contribution < -0.4 is 5.32 Å². The first-order valence-corrected chi connectivity index (χ1v) is 7.50. The van der Waals surface area contributed by atoms with Crippen molar-refractivity contribution in [2.24, 2.45) is 0 Å². The molecule has 1 aliphatic carbocycles. The number of benzene rings is 1. The van der Waals surface area contributed by atoms with Gasteiger partial charge in [0.15, 0.2) is 5.13 Å². The van der Waals surface area contributed by atoms with Crippen LogP contribution in [0.15, 0.2) is 30.3 Å². The van der Waals surface area contributed by atoms with Crippen molar-refractivity contribution in [2.75, 3.05) is 5.32 Å². The van der Waals surface area contributed by atoms with Gasteiger partial charge in [0.2, 0.25) is 0 Å². The highest BCUT2D eigenvalue weighted by molar-refractivity contribution is 7.15. The number of carbonyl (C=O) groups is 1. The third-order valence-electron chi connectivity index (χ3n) is 3.66. The molecule has 5 heteroatoms. The lowest BCUT2D eigenvalue weighted by Gasteiger charge is -2.13. The molecule has 0 aliphatic heterocycles. The summed E-state index contributed by atoms with van der Waals surface area (Å²) in [5.74, 6) is -1.19. The largest absolute Gasteiger partial charge is 0.481 e. The highest BCUT2D eigenvalue weighted by atomic mass is 32.1. The monoisotopic (exact) mass is 288 g/mol. The zero-order chi connectivity index (χ0) is 14.1. The second-order valence-corrected chi connectivity index (χ2v) is 6.12. The third-order valence-corrected chi connectivity index (χ3v) is 4.72. The Morgan fingerprint density at radius 3 is 2.90 bits per heavy atom. The molecule has 1 aromatic heterocycles. The lowest BCUT2D eigenvalue weighted by atomic mass is 10.1. The smallest absolute Gasteiger partial charge is 0.312 e. The average Bonchev–Trinajstić information content (AvgIpc) is 2.98. The van der Waals surface area contributed by atoms with E-state index in [9.17, 15) is 9.90 Å². The minimum atomic E-state index is -0.767. The van der Waals surface area contributed by atoms with E-state index in [1.54, 1.807) is 11.3 Å². The molecule has 0 spiro atoms. The van der Waals surface area contributed by atoms with E-state index < -0.39 is 11.9 Å². The topological polar surface area (TPSA) is 62.2 Å². The molecule has 1 aliphatic rings. The number of fused-ring (bicyclic) bond motifs is 1. The maximum atomic E-state index is 11.2. The van der Waals surface area contributed by atoms with E-state index >= 15 is 0 Å². The normalized spacial score (nSPS) is 18.6. The van der Waals surface area contributed by atoms with Crippen molar-refractivity contribution in [1.29, 1.82) is 0 Å². The number of aromatic nitrogens is 1. The minimum Gasteiger partial charge on any atom is -0.481 e. The Labute approximate surface area is 121 Å². The van der Waals surface area contributed by atoms with Crippen LogP contribution in [0.3, 0.4) is 0 Å². The molecular formula is C15H16N2O2S. The first kappa shape index (κ1) is 13.1. The fourth-order valence-electron chi connectivity index (χ4n) is 2.54. The summed E-state index contributed by atoms with van der Waals surface area (Å²) in [5.41, 5.74) is 1.95. The van der Waals surface area contributed by atoms with Crippen LogP contribution in [0.5, 0.6) is 0 Å². The highest BCUT2D eigenvalue weighted by Gasteiger charge is 2.32. The van der Waals surface area contributed by atoms with Crippen molar-refractivity contribution in [3.8, 4) is 0 Å². The number of nitrogens with zero attached hydrogens (tertiary/aromatic N) is 1. The van der Waals surface area contributed by atoms with Crippen LogP contribution in [0, 0.1) is 0 Å². The average molecular weight is 288 g/mol. The van der Waals surface area contributed by atoms with Gasteiger partial charge in [0.1, 0.15) is 5.92 Å². The van der Waals surface area contributed by atoms with Crippen molar-refractivity contribution >= 4 is 22.4 Å². The molecular weight excluding hydrogens is 272 g/mol. The number of aryl methyl sites for hydroxylation is 1. The summed E-state index contributed by atoms with van der Waals surface area (Å²) in [6.07, 6.45) is 1.50. The number of nitrogens with one attached hydrogen (secondary N) is 1. The minimum absolute atomic E-state index is 0.158. The number of carboxylic acid groups (broad SMARTS) is 1. The Morgan fingerprint density at radius 2 is 2.20 bits per heavy atom. The number of anilines is 1. The highest BCUT2D eigenvalue weighted by Crippen LogP contribution is 2.39. The number of hydrogen-bond donors (Lipinski definition) is 2. The molecule has 4 nitrogen and oxygen atoms in total. The van der Waals surface area contributed by atoms with Gasteiger partial charge >= 0.3 is 5.97 Å². The van der Waals surface area contributed by atoms with Gasteiger partial charge in [0, 0.05) is 4.88 Å². The van der Waals surface area contributed by atoms with E-state index in [-0.39, 0.29) is 6.04 Å². The van der Waals surface area contributed by atoms with E-state index in [2.05, 4.69) is 29.4 Å². The summed E-state index contributed by atoms with van der Waals surface area (Å²) in [6, 6.07) is 10.3. The Morgan fingerprint density at radius 1 is 1.45 bits per heavy atom. The standard InChI is InChI=1S/C15H16N2O2S/c1-9(10-5-3-2-4-6-10)16-15-17-13-11(14(18)19)7-8-12(13)20-15/h2-6,9,11H,7-8H2,1H3,(H,16,17)(H,18,19). The van der Waals surface area contributed by atoms with E-state index in [0.717, 1.165) is 22.1 Å². The Balaban J connectivity index is 1.77. The summed E-state index contributed by atoms with van der Waals surface area (Å²) in [5, 5.41) is 13.4. The Hall–Kier alpha value is -1.88. The Bertz CT molecular complexity index is 624. The van der Waals surface area contributed by atoms with E-state index in [1.165, 1.54) is 5.56 Å². The molecule has 0 saturated heterocycles. The molecule has 2 N–H and O–H groups in total. The zero-order valence-corrected chi connectivity index (χ0v) is 12.0. The molecule has 0 bridgehead atoms. The van der Waals surface area contributed by atoms with Crippen LogP contribution in [-0.4, -0.2) is 16.1 Å². The van der Waals surface area contributed by atoms with E-state index in [0.29, 0.717) is 6.42 Å². The molecule has 0 fully saturated rings. The molecule has 1 aromatic carbocycles. The van der Waals surface area contributed by atoms with Gasteiger partial charge in [-0.25, -0.2) is 4.98 Å². The lowest BCUT2D eigenvalue weighted by molar-refractivity contribution is -0.138. The second kappa shape index (κ2) is 5.25. The maximum absolute atomic E-state index is 11.2. The molecule has 3 rings (SSSR count). The molecule has 1 heterocycles. The van der Waals surface area contributed by atoms with Crippen LogP contribution in [0.4, 0.5) is 5.13 Å². The fourth-order valence-corrected chi connectivity index (χ4v) is 3.66. The number of thiazole rings is 1. The summed E-state index contributed by atoms with van der Waals surface area (Å²) < 4.78 is 0. The SMILES string of the molecule is CC(Nc1nc2c(s1)CCC2C(=O)O)c1ccccc1.